The van der Waals surface area contributed by atoms with Crippen molar-refractivity contribution in [1.29, 1.82) is 0 Å². The van der Waals surface area contributed by atoms with Gasteiger partial charge in [0.2, 0.25) is 0 Å². The number of carbonyl (C=O) groups is 1. The minimum absolute atomic E-state index is 0.160. The van der Waals surface area contributed by atoms with Gasteiger partial charge < -0.3 is 16.6 Å². The molecule has 0 aliphatic carbocycles. The lowest BCUT2D eigenvalue weighted by Gasteiger charge is -2.17. The molecule has 0 amide bonds. The number of halogens is 4. The molecule has 1 aromatic carbocycles. The van der Waals surface area contributed by atoms with Crippen molar-refractivity contribution in [3.63, 3.8) is 0 Å². The van der Waals surface area contributed by atoms with E-state index in [1.807, 2.05) is 0 Å². The minimum Gasteiger partial charge on any atom is -0.481 e. The summed E-state index contributed by atoms with van der Waals surface area (Å²) in [5.41, 5.74) is 9.12. The Morgan fingerprint density at radius 1 is 1.33 bits per heavy atom. The highest BCUT2D eigenvalue weighted by Crippen LogP contribution is 2.35. The number of carboxylic acids is 1. The van der Waals surface area contributed by atoms with Crippen LogP contribution in [0.25, 0.3) is 0 Å². The van der Waals surface area contributed by atoms with Gasteiger partial charge in [-0.15, -0.1) is 0 Å². The van der Waals surface area contributed by atoms with E-state index in [-0.39, 0.29) is 5.69 Å². The Bertz CT molecular complexity index is 474. The number of carboxylic acid groups (broad SMARTS) is 1. The van der Waals surface area contributed by atoms with Gasteiger partial charge in [-0.25, -0.2) is 4.39 Å². The van der Waals surface area contributed by atoms with Gasteiger partial charge in [0, 0.05) is 5.56 Å². The zero-order valence-corrected chi connectivity index (χ0v) is 8.96. The highest BCUT2D eigenvalue weighted by molar-refractivity contribution is 5.78. The fourth-order valence-corrected chi connectivity index (χ4v) is 1.46. The molecule has 8 heteroatoms. The van der Waals surface area contributed by atoms with Crippen LogP contribution in [0.1, 0.15) is 17.9 Å². The third-order valence-corrected chi connectivity index (χ3v) is 2.35. The first-order valence-electron chi connectivity index (χ1n) is 4.76. The molecule has 0 aromatic heterocycles. The Balaban J connectivity index is 3.23. The topological polar surface area (TPSA) is 89.3 Å². The number of benzene rings is 1. The SMILES string of the molecule is Nc1ccc(C(CC(F)(F)F)C(=O)O)c(F)c1N. The second kappa shape index (κ2) is 4.71. The van der Waals surface area contributed by atoms with E-state index < -0.39 is 41.6 Å². The number of anilines is 2. The normalized spacial score (nSPS) is 13.3. The molecule has 0 fully saturated rings. The van der Waals surface area contributed by atoms with Crippen molar-refractivity contribution < 1.29 is 27.5 Å². The second-order valence-electron chi connectivity index (χ2n) is 3.68. The maximum absolute atomic E-state index is 13.6. The zero-order chi connectivity index (χ0) is 14.1. The summed E-state index contributed by atoms with van der Waals surface area (Å²) in [4.78, 5) is 10.8. The average Bonchev–Trinajstić information content (AvgIpc) is 2.22. The van der Waals surface area contributed by atoms with Crippen molar-refractivity contribution >= 4 is 17.3 Å². The largest absolute Gasteiger partial charge is 0.481 e. The quantitative estimate of drug-likeness (QED) is 0.577. The second-order valence-corrected chi connectivity index (χ2v) is 3.68. The molecule has 1 atom stereocenters. The van der Waals surface area contributed by atoms with Gasteiger partial charge in [0.05, 0.1) is 23.7 Å². The molecule has 100 valence electrons. The van der Waals surface area contributed by atoms with Crippen LogP contribution in [0.5, 0.6) is 0 Å². The summed E-state index contributed by atoms with van der Waals surface area (Å²) < 4.78 is 50.3. The summed E-state index contributed by atoms with van der Waals surface area (Å²) in [7, 11) is 0. The third-order valence-electron chi connectivity index (χ3n) is 2.35. The number of rotatable bonds is 3. The molecule has 1 aromatic rings. The van der Waals surface area contributed by atoms with Gasteiger partial charge in [-0.3, -0.25) is 4.79 Å². The summed E-state index contributed by atoms with van der Waals surface area (Å²) in [5.74, 6) is -5.06. The summed E-state index contributed by atoms with van der Waals surface area (Å²) >= 11 is 0. The zero-order valence-electron chi connectivity index (χ0n) is 8.96. The number of hydrogen-bond donors (Lipinski definition) is 3. The van der Waals surface area contributed by atoms with Crippen LogP contribution in [0.4, 0.5) is 28.9 Å². The van der Waals surface area contributed by atoms with Crippen molar-refractivity contribution in [3.8, 4) is 0 Å². The van der Waals surface area contributed by atoms with Crippen LogP contribution < -0.4 is 11.5 Å². The molecule has 0 heterocycles. The smallest absolute Gasteiger partial charge is 0.390 e. The van der Waals surface area contributed by atoms with E-state index in [1.54, 1.807) is 0 Å². The highest BCUT2D eigenvalue weighted by Gasteiger charge is 2.37. The van der Waals surface area contributed by atoms with Crippen LogP contribution in [0.2, 0.25) is 0 Å². The Kier molecular flexibility index (Phi) is 3.68. The Labute approximate surface area is 99.2 Å². The van der Waals surface area contributed by atoms with Crippen LogP contribution in [-0.4, -0.2) is 17.3 Å². The molecule has 0 aliphatic heterocycles. The molecule has 0 saturated carbocycles. The highest BCUT2D eigenvalue weighted by atomic mass is 19.4. The lowest BCUT2D eigenvalue weighted by Crippen LogP contribution is -2.22. The van der Waals surface area contributed by atoms with Gasteiger partial charge in [-0.1, -0.05) is 6.07 Å². The van der Waals surface area contributed by atoms with E-state index in [0.717, 1.165) is 12.1 Å². The van der Waals surface area contributed by atoms with Crippen molar-refractivity contribution in [1.82, 2.24) is 0 Å². The Hall–Kier alpha value is -1.99. The molecule has 0 radical (unpaired) electrons. The van der Waals surface area contributed by atoms with Gasteiger partial charge in [-0.2, -0.15) is 13.2 Å². The lowest BCUT2D eigenvalue weighted by atomic mass is 9.94. The van der Waals surface area contributed by atoms with E-state index in [9.17, 15) is 22.4 Å². The van der Waals surface area contributed by atoms with E-state index in [1.165, 1.54) is 0 Å². The molecule has 0 spiro atoms. The van der Waals surface area contributed by atoms with Crippen molar-refractivity contribution in [2.75, 3.05) is 11.5 Å². The standard InChI is InChI=1S/C10H10F4N2O2/c11-7-4(1-2-6(15)8(7)16)5(9(17)18)3-10(12,13)14/h1-2,5H,3,15-16H2,(H,17,18). The number of nitrogens with two attached hydrogens (primary N) is 2. The predicted molar refractivity (Wildman–Crippen MR) is 56.3 cm³/mol. The summed E-state index contributed by atoms with van der Waals surface area (Å²) in [5, 5.41) is 8.74. The summed E-state index contributed by atoms with van der Waals surface area (Å²) in [6, 6.07) is 1.96. The van der Waals surface area contributed by atoms with Crippen molar-refractivity contribution in [2.45, 2.75) is 18.5 Å². The average molecular weight is 266 g/mol. The van der Waals surface area contributed by atoms with Crippen LogP contribution in [-0.2, 0) is 4.79 Å². The first-order valence-corrected chi connectivity index (χ1v) is 4.76. The molecule has 18 heavy (non-hydrogen) atoms. The Morgan fingerprint density at radius 3 is 2.33 bits per heavy atom. The van der Waals surface area contributed by atoms with Gasteiger partial charge in [0.1, 0.15) is 0 Å². The number of hydrogen-bond acceptors (Lipinski definition) is 3. The molecule has 0 aliphatic rings. The number of nitrogen functional groups attached to an aromatic ring is 2. The third kappa shape index (κ3) is 3.02. The summed E-state index contributed by atoms with van der Waals surface area (Å²) in [6.45, 7) is 0. The molecule has 4 nitrogen and oxygen atoms in total. The molecule has 1 rings (SSSR count). The summed E-state index contributed by atoms with van der Waals surface area (Å²) in [6.07, 6.45) is -6.41. The maximum atomic E-state index is 13.6. The molecule has 5 N–H and O–H groups in total. The molecule has 0 bridgehead atoms. The van der Waals surface area contributed by atoms with Crippen LogP contribution in [0, 0.1) is 5.82 Å². The van der Waals surface area contributed by atoms with Crippen molar-refractivity contribution in [2.24, 2.45) is 0 Å². The maximum Gasteiger partial charge on any atom is 0.390 e. The van der Waals surface area contributed by atoms with Gasteiger partial charge in [-0.05, 0) is 6.07 Å². The lowest BCUT2D eigenvalue weighted by molar-refractivity contribution is -0.157. The fourth-order valence-electron chi connectivity index (χ4n) is 1.46. The molecular formula is C10H10F4N2O2. The Morgan fingerprint density at radius 2 is 1.89 bits per heavy atom. The van der Waals surface area contributed by atoms with Crippen molar-refractivity contribution in [3.05, 3.63) is 23.5 Å². The monoisotopic (exact) mass is 266 g/mol. The first-order chi connectivity index (χ1) is 8.13. The van der Waals surface area contributed by atoms with E-state index in [4.69, 9.17) is 16.6 Å². The predicted octanol–water partition coefficient (Wildman–Crippen LogP) is 2.11. The van der Waals surface area contributed by atoms with E-state index >= 15 is 0 Å². The fraction of sp³-hybridized carbons (Fsp3) is 0.300. The van der Waals surface area contributed by atoms with Gasteiger partial charge >= 0.3 is 12.1 Å². The minimum atomic E-state index is -4.73. The molecular weight excluding hydrogens is 256 g/mol. The van der Waals surface area contributed by atoms with Crippen LogP contribution in [0.3, 0.4) is 0 Å². The molecule has 1 unspecified atom stereocenters. The van der Waals surface area contributed by atoms with E-state index in [0.29, 0.717) is 0 Å². The van der Waals surface area contributed by atoms with E-state index in [2.05, 4.69) is 0 Å². The van der Waals surface area contributed by atoms with Crippen LogP contribution >= 0.6 is 0 Å². The first kappa shape index (κ1) is 14.1. The number of aliphatic carboxylic acids is 1. The molecule has 0 saturated heterocycles. The van der Waals surface area contributed by atoms with Gasteiger partial charge in [0.15, 0.2) is 5.82 Å². The number of alkyl halides is 3. The van der Waals surface area contributed by atoms with Gasteiger partial charge in [0.25, 0.3) is 0 Å². The van der Waals surface area contributed by atoms with Crippen LogP contribution in [0.15, 0.2) is 12.1 Å².